The quantitative estimate of drug-likeness (QED) is 0.473. The predicted molar refractivity (Wildman–Crippen MR) is 131 cm³/mol. The van der Waals surface area contributed by atoms with Crippen molar-refractivity contribution >= 4 is 23.7 Å². The second kappa shape index (κ2) is 9.25. The zero-order valence-corrected chi connectivity index (χ0v) is 19.3. The van der Waals surface area contributed by atoms with E-state index in [0.29, 0.717) is 24.1 Å². The number of hydrogen-bond acceptors (Lipinski definition) is 4. The van der Waals surface area contributed by atoms with Gasteiger partial charge in [-0.1, -0.05) is 48.5 Å². The van der Waals surface area contributed by atoms with E-state index >= 15 is 0 Å². The molecule has 35 heavy (non-hydrogen) atoms. The van der Waals surface area contributed by atoms with Crippen LogP contribution in [0, 0.1) is 12.8 Å². The molecule has 0 spiro atoms. The van der Waals surface area contributed by atoms with Crippen LogP contribution in [0.1, 0.15) is 45.8 Å². The van der Waals surface area contributed by atoms with E-state index in [9.17, 15) is 14.4 Å². The summed E-state index contributed by atoms with van der Waals surface area (Å²) in [5.74, 6) is -1.36. The first kappa shape index (κ1) is 22.7. The Balaban J connectivity index is 1.11. The van der Waals surface area contributed by atoms with Gasteiger partial charge >= 0.3 is 12.1 Å². The summed E-state index contributed by atoms with van der Waals surface area (Å²) in [5.41, 5.74) is 6.13. The van der Waals surface area contributed by atoms with Crippen molar-refractivity contribution in [3.05, 3.63) is 89.0 Å². The Morgan fingerprint density at radius 2 is 1.57 bits per heavy atom. The average molecular weight is 471 g/mol. The molecule has 178 valence electrons. The normalized spacial score (nSPS) is 18.1. The number of amides is 2. The molecule has 0 unspecified atom stereocenters. The molecule has 1 fully saturated rings. The number of rotatable bonds is 6. The van der Waals surface area contributed by atoms with Gasteiger partial charge in [0, 0.05) is 23.6 Å². The number of hydrogen-bond donors (Lipinski definition) is 3. The fourth-order valence-corrected chi connectivity index (χ4v) is 4.93. The van der Waals surface area contributed by atoms with Crippen LogP contribution in [0.2, 0.25) is 0 Å². The van der Waals surface area contributed by atoms with Crippen molar-refractivity contribution in [3.8, 4) is 11.1 Å². The highest BCUT2D eigenvalue weighted by molar-refractivity contribution is 5.95. The van der Waals surface area contributed by atoms with Gasteiger partial charge in [-0.15, -0.1) is 0 Å². The predicted octanol–water partition coefficient (Wildman–Crippen LogP) is 4.95. The number of ether oxygens (including phenoxy) is 1. The van der Waals surface area contributed by atoms with Crippen molar-refractivity contribution in [2.75, 3.05) is 11.9 Å². The minimum Gasteiger partial charge on any atom is -0.478 e. The molecule has 0 aromatic heterocycles. The van der Waals surface area contributed by atoms with Crippen molar-refractivity contribution in [2.45, 2.75) is 31.7 Å². The third kappa shape index (κ3) is 4.49. The summed E-state index contributed by atoms with van der Waals surface area (Å²) in [4.78, 5) is 36.1. The standard InChI is InChI=1S/C28H26N2O5/c1-16-12-17(27(32)33)10-11-25(16)30-26(31)18-13-19(14-18)29-28(34)35-15-24-22-8-4-2-6-20(22)21-7-3-5-9-23(21)24/h2-12,18-19,24H,13-15H2,1H3,(H,29,34)(H,30,31)(H,32,33). The Morgan fingerprint density at radius 3 is 2.17 bits per heavy atom. The summed E-state index contributed by atoms with van der Waals surface area (Å²) in [6.45, 7) is 2.01. The lowest BCUT2D eigenvalue weighted by Gasteiger charge is -2.34. The average Bonchev–Trinajstić information content (AvgIpc) is 3.14. The maximum Gasteiger partial charge on any atom is 0.407 e. The number of alkyl carbamates (subject to hydrolysis) is 1. The number of carboxylic acid groups (broad SMARTS) is 1. The van der Waals surface area contributed by atoms with Gasteiger partial charge in [0.1, 0.15) is 6.61 Å². The Bertz CT molecular complexity index is 1270. The van der Waals surface area contributed by atoms with E-state index in [1.807, 2.05) is 24.3 Å². The molecular formula is C28H26N2O5. The van der Waals surface area contributed by atoms with Crippen molar-refractivity contribution < 1.29 is 24.2 Å². The molecule has 0 bridgehead atoms. The Morgan fingerprint density at radius 1 is 0.943 bits per heavy atom. The number of aromatic carboxylic acids is 1. The van der Waals surface area contributed by atoms with E-state index in [4.69, 9.17) is 9.84 Å². The van der Waals surface area contributed by atoms with E-state index in [2.05, 4.69) is 34.9 Å². The zero-order valence-electron chi connectivity index (χ0n) is 19.3. The first-order chi connectivity index (χ1) is 16.9. The molecule has 0 heterocycles. The van der Waals surface area contributed by atoms with Crippen molar-refractivity contribution in [1.29, 1.82) is 0 Å². The molecule has 0 saturated heterocycles. The maximum absolute atomic E-state index is 12.6. The van der Waals surface area contributed by atoms with E-state index in [-0.39, 0.29) is 36.0 Å². The number of nitrogens with one attached hydrogen (secondary N) is 2. The Hall–Kier alpha value is -4.13. The van der Waals surface area contributed by atoms with Gasteiger partial charge in [0.25, 0.3) is 0 Å². The highest BCUT2D eigenvalue weighted by Gasteiger charge is 2.36. The number of anilines is 1. The van der Waals surface area contributed by atoms with Gasteiger partial charge in [-0.3, -0.25) is 4.79 Å². The van der Waals surface area contributed by atoms with Crippen LogP contribution in [-0.2, 0) is 9.53 Å². The van der Waals surface area contributed by atoms with Crippen molar-refractivity contribution in [3.63, 3.8) is 0 Å². The van der Waals surface area contributed by atoms with Crippen LogP contribution in [0.25, 0.3) is 11.1 Å². The van der Waals surface area contributed by atoms with Crippen molar-refractivity contribution in [2.24, 2.45) is 5.92 Å². The molecule has 0 atom stereocenters. The zero-order chi connectivity index (χ0) is 24.5. The van der Waals surface area contributed by atoms with Crippen LogP contribution in [0.5, 0.6) is 0 Å². The molecule has 2 amide bonds. The third-order valence-corrected chi connectivity index (χ3v) is 6.91. The summed E-state index contributed by atoms with van der Waals surface area (Å²) in [6.07, 6.45) is 0.584. The monoisotopic (exact) mass is 470 g/mol. The maximum atomic E-state index is 12.6. The highest BCUT2D eigenvalue weighted by Crippen LogP contribution is 2.44. The Labute approximate surface area is 203 Å². The van der Waals surface area contributed by atoms with Crippen LogP contribution in [0.3, 0.4) is 0 Å². The summed E-state index contributed by atoms with van der Waals surface area (Å²) in [6, 6.07) is 20.8. The molecule has 3 aromatic rings. The lowest BCUT2D eigenvalue weighted by atomic mass is 9.79. The van der Waals surface area contributed by atoms with Crippen LogP contribution in [0.4, 0.5) is 10.5 Å². The third-order valence-electron chi connectivity index (χ3n) is 6.91. The van der Waals surface area contributed by atoms with E-state index < -0.39 is 12.1 Å². The molecule has 7 nitrogen and oxygen atoms in total. The molecule has 3 aromatic carbocycles. The minimum atomic E-state index is -1.01. The number of carbonyl (C=O) groups excluding carboxylic acids is 2. The number of carboxylic acids is 1. The highest BCUT2D eigenvalue weighted by atomic mass is 16.5. The summed E-state index contributed by atoms with van der Waals surface area (Å²) >= 11 is 0. The number of benzene rings is 3. The molecular weight excluding hydrogens is 444 g/mol. The number of fused-ring (bicyclic) bond motifs is 3. The molecule has 3 N–H and O–H groups in total. The van der Waals surface area contributed by atoms with Crippen LogP contribution >= 0.6 is 0 Å². The largest absolute Gasteiger partial charge is 0.478 e. The molecule has 7 heteroatoms. The fourth-order valence-electron chi connectivity index (χ4n) is 4.93. The van der Waals surface area contributed by atoms with E-state index in [1.165, 1.54) is 23.3 Å². The molecule has 1 saturated carbocycles. The topological polar surface area (TPSA) is 105 Å². The van der Waals surface area contributed by atoms with E-state index in [0.717, 1.165) is 11.1 Å². The lowest BCUT2D eigenvalue weighted by Crippen LogP contribution is -2.48. The van der Waals surface area contributed by atoms with Gasteiger partial charge in [0.05, 0.1) is 5.56 Å². The summed E-state index contributed by atoms with van der Waals surface area (Å²) in [7, 11) is 0. The van der Waals surface area contributed by atoms with Gasteiger partial charge in [-0.25, -0.2) is 9.59 Å². The first-order valence-electron chi connectivity index (χ1n) is 11.7. The SMILES string of the molecule is Cc1cc(C(=O)O)ccc1NC(=O)C1CC(NC(=O)OCC2c3ccccc3-c3ccccc32)C1. The van der Waals surface area contributed by atoms with Gasteiger partial charge in [-0.2, -0.15) is 0 Å². The molecule has 0 aliphatic heterocycles. The summed E-state index contributed by atoms with van der Waals surface area (Å²) < 4.78 is 5.59. The molecule has 2 aliphatic carbocycles. The molecule has 0 radical (unpaired) electrons. The Kier molecular flexibility index (Phi) is 5.99. The molecule has 5 rings (SSSR count). The van der Waals surface area contributed by atoms with Crippen LogP contribution < -0.4 is 10.6 Å². The minimum absolute atomic E-state index is 0.00354. The van der Waals surface area contributed by atoms with Gasteiger partial charge < -0.3 is 20.5 Å². The lowest BCUT2D eigenvalue weighted by molar-refractivity contribution is -0.122. The van der Waals surface area contributed by atoms with Gasteiger partial charge in [-0.05, 0) is 65.8 Å². The first-order valence-corrected chi connectivity index (χ1v) is 11.7. The van der Waals surface area contributed by atoms with E-state index in [1.54, 1.807) is 13.0 Å². The number of aryl methyl sites for hydroxylation is 1. The van der Waals surface area contributed by atoms with Crippen LogP contribution in [-0.4, -0.2) is 35.7 Å². The fraction of sp³-hybridized carbons (Fsp3) is 0.250. The van der Waals surface area contributed by atoms with Crippen LogP contribution in [0.15, 0.2) is 66.7 Å². The second-order valence-corrected chi connectivity index (χ2v) is 9.16. The van der Waals surface area contributed by atoms with Crippen molar-refractivity contribution in [1.82, 2.24) is 5.32 Å². The summed E-state index contributed by atoms with van der Waals surface area (Å²) in [5, 5.41) is 14.8. The second-order valence-electron chi connectivity index (χ2n) is 9.16. The molecule has 2 aliphatic rings. The van der Waals surface area contributed by atoms with Gasteiger partial charge in [0.2, 0.25) is 5.91 Å². The van der Waals surface area contributed by atoms with Gasteiger partial charge in [0.15, 0.2) is 0 Å². The number of carbonyl (C=O) groups is 3. The smallest absolute Gasteiger partial charge is 0.407 e.